The van der Waals surface area contributed by atoms with E-state index in [1.165, 1.54) is 41.9 Å². The van der Waals surface area contributed by atoms with E-state index in [0.29, 0.717) is 5.92 Å². The summed E-state index contributed by atoms with van der Waals surface area (Å²) in [4.78, 5) is 4.71. The third-order valence-electron chi connectivity index (χ3n) is 4.66. The van der Waals surface area contributed by atoms with Gasteiger partial charge in [0.2, 0.25) is 0 Å². The first kappa shape index (κ1) is 12.4. The predicted molar refractivity (Wildman–Crippen MR) is 97.4 cm³/mol. The molecule has 0 unspecified atom stereocenters. The standard InChI is InChI=1S/C20H15NS/c1-11(2)12-6-7-14-15(10-12)13-4-3-5-16-18(13)19-17(22-16)8-9-21-20(14)19/h3-11H,1-2H3. The number of benzene rings is 3. The summed E-state index contributed by atoms with van der Waals surface area (Å²) >= 11 is 1.87. The van der Waals surface area contributed by atoms with Crippen molar-refractivity contribution in [2.45, 2.75) is 19.8 Å². The fourth-order valence-corrected chi connectivity index (χ4v) is 4.67. The maximum absolute atomic E-state index is 4.71. The lowest BCUT2D eigenvalue weighted by Crippen LogP contribution is -1.89. The van der Waals surface area contributed by atoms with Gasteiger partial charge in [-0.1, -0.05) is 44.2 Å². The van der Waals surface area contributed by atoms with Crippen molar-refractivity contribution in [1.82, 2.24) is 4.98 Å². The Bertz CT molecular complexity index is 1150. The van der Waals surface area contributed by atoms with Gasteiger partial charge in [0.25, 0.3) is 0 Å². The minimum absolute atomic E-state index is 0.539. The average molecular weight is 301 g/mol. The van der Waals surface area contributed by atoms with Crippen molar-refractivity contribution < 1.29 is 0 Å². The summed E-state index contributed by atoms with van der Waals surface area (Å²) in [5.74, 6) is 0.539. The van der Waals surface area contributed by atoms with E-state index in [-0.39, 0.29) is 0 Å². The quantitative estimate of drug-likeness (QED) is 0.330. The van der Waals surface area contributed by atoms with Crippen molar-refractivity contribution >= 4 is 53.2 Å². The third-order valence-corrected chi connectivity index (χ3v) is 5.78. The SMILES string of the molecule is CC(C)c1ccc2c(c1)c1cccc3sc4ccnc2c4c31. The van der Waals surface area contributed by atoms with E-state index in [9.17, 15) is 0 Å². The number of pyridine rings is 1. The fourth-order valence-electron chi connectivity index (χ4n) is 3.54. The van der Waals surface area contributed by atoms with Gasteiger partial charge in [-0.15, -0.1) is 11.3 Å². The maximum atomic E-state index is 4.71. The van der Waals surface area contributed by atoms with Crippen LogP contribution < -0.4 is 0 Å². The van der Waals surface area contributed by atoms with E-state index < -0.39 is 0 Å². The molecule has 2 heterocycles. The largest absolute Gasteiger partial charge is 0.255 e. The van der Waals surface area contributed by atoms with Crippen LogP contribution in [0.25, 0.3) is 41.8 Å². The molecule has 0 aliphatic rings. The van der Waals surface area contributed by atoms with Crippen LogP contribution in [0.2, 0.25) is 0 Å². The Kier molecular flexibility index (Phi) is 2.35. The minimum atomic E-state index is 0.539. The summed E-state index contributed by atoms with van der Waals surface area (Å²) in [7, 11) is 0. The summed E-state index contributed by atoms with van der Waals surface area (Å²) in [5.41, 5.74) is 2.54. The van der Waals surface area contributed by atoms with Crippen LogP contribution >= 0.6 is 11.3 Å². The molecule has 2 heteroatoms. The van der Waals surface area contributed by atoms with Crippen molar-refractivity contribution in [1.29, 1.82) is 0 Å². The molecule has 0 amide bonds. The molecular weight excluding hydrogens is 286 g/mol. The predicted octanol–water partition coefficient (Wildman–Crippen LogP) is 6.32. The lowest BCUT2D eigenvalue weighted by atomic mass is 9.93. The molecular formula is C20H15NS. The Hall–Kier alpha value is -2.19. The molecule has 0 fully saturated rings. The molecule has 22 heavy (non-hydrogen) atoms. The van der Waals surface area contributed by atoms with E-state index in [4.69, 9.17) is 4.98 Å². The van der Waals surface area contributed by atoms with Gasteiger partial charge in [-0.3, -0.25) is 4.98 Å². The molecule has 0 atom stereocenters. The summed E-state index contributed by atoms with van der Waals surface area (Å²) in [5, 5.41) is 6.69. The second kappa shape index (κ2) is 4.17. The lowest BCUT2D eigenvalue weighted by Gasteiger charge is -2.11. The maximum Gasteiger partial charge on any atom is 0.0801 e. The highest BCUT2D eigenvalue weighted by Crippen LogP contribution is 2.44. The van der Waals surface area contributed by atoms with Gasteiger partial charge in [0.05, 0.1) is 5.52 Å². The molecule has 5 rings (SSSR count). The van der Waals surface area contributed by atoms with Crippen LogP contribution in [0.15, 0.2) is 48.7 Å². The van der Waals surface area contributed by atoms with Gasteiger partial charge < -0.3 is 0 Å². The molecule has 0 aliphatic carbocycles. The van der Waals surface area contributed by atoms with E-state index >= 15 is 0 Å². The first-order valence-corrected chi connectivity index (χ1v) is 8.50. The van der Waals surface area contributed by atoms with Crippen molar-refractivity contribution in [3.05, 3.63) is 54.2 Å². The Labute approximate surface area is 132 Å². The Morgan fingerprint density at radius 1 is 0.864 bits per heavy atom. The van der Waals surface area contributed by atoms with E-state index in [1.54, 1.807) is 0 Å². The van der Waals surface area contributed by atoms with Gasteiger partial charge in [0.15, 0.2) is 0 Å². The number of hydrogen-bond donors (Lipinski definition) is 0. The topological polar surface area (TPSA) is 12.9 Å². The van der Waals surface area contributed by atoms with Crippen LogP contribution in [0.3, 0.4) is 0 Å². The monoisotopic (exact) mass is 301 g/mol. The van der Waals surface area contributed by atoms with Gasteiger partial charge >= 0.3 is 0 Å². The van der Waals surface area contributed by atoms with Gasteiger partial charge in [-0.05, 0) is 34.4 Å². The second-order valence-electron chi connectivity index (χ2n) is 6.27. The number of hydrogen-bond acceptors (Lipinski definition) is 2. The Balaban J connectivity index is 2.15. The van der Waals surface area contributed by atoms with Crippen molar-refractivity contribution in [2.24, 2.45) is 0 Å². The smallest absolute Gasteiger partial charge is 0.0801 e. The number of rotatable bonds is 1. The normalized spacial score (nSPS) is 12.5. The van der Waals surface area contributed by atoms with Crippen LogP contribution in [0.5, 0.6) is 0 Å². The number of aromatic nitrogens is 1. The highest BCUT2D eigenvalue weighted by molar-refractivity contribution is 7.26. The molecule has 0 saturated carbocycles. The summed E-state index contributed by atoms with van der Waals surface area (Å²) in [6, 6.07) is 15.7. The van der Waals surface area contributed by atoms with E-state index in [0.717, 1.165) is 5.52 Å². The second-order valence-corrected chi connectivity index (χ2v) is 7.36. The molecule has 106 valence electrons. The molecule has 3 aromatic carbocycles. The zero-order valence-corrected chi connectivity index (χ0v) is 13.4. The highest BCUT2D eigenvalue weighted by atomic mass is 32.1. The average Bonchev–Trinajstić information content (AvgIpc) is 2.92. The number of nitrogens with zero attached hydrogens (tertiary/aromatic N) is 1. The van der Waals surface area contributed by atoms with E-state index in [1.807, 2.05) is 17.5 Å². The van der Waals surface area contributed by atoms with Crippen LogP contribution in [0.1, 0.15) is 25.3 Å². The zero-order valence-electron chi connectivity index (χ0n) is 12.6. The van der Waals surface area contributed by atoms with Gasteiger partial charge in [-0.2, -0.15) is 0 Å². The molecule has 0 radical (unpaired) electrons. The number of thiophene rings is 1. The summed E-state index contributed by atoms with van der Waals surface area (Å²) in [6.07, 6.45) is 1.94. The molecule has 0 saturated heterocycles. The number of fused-ring (bicyclic) bond motifs is 3. The Morgan fingerprint density at radius 2 is 1.73 bits per heavy atom. The zero-order chi connectivity index (χ0) is 14.8. The minimum Gasteiger partial charge on any atom is -0.255 e. The first-order valence-electron chi connectivity index (χ1n) is 7.69. The van der Waals surface area contributed by atoms with Crippen LogP contribution in [0.4, 0.5) is 0 Å². The van der Waals surface area contributed by atoms with Crippen molar-refractivity contribution in [3.63, 3.8) is 0 Å². The van der Waals surface area contributed by atoms with Crippen molar-refractivity contribution in [3.8, 4) is 0 Å². The highest BCUT2D eigenvalue weighted by Gasteiger charge is 2.16. The molecule has 0 aliphatic heterocycles. The molecule has 2 aromatic heterocycles. The van der Waals surface area contributed by atoms with Gasteiger partial charge in [0, 0.05) is 31.8 Å². The van der Waals surface area contributed by atoms with Crippen molar-refractivity contribution in [2.75, 3.05) is 0 Å². The fraction of sp³-hybridized carbons (Fsp3) is 0.150. The van der Waals surface area contributed by atoms with Gasteiger partial charge in [0.1, 0.15) is 0 Å². The summed E-state index contributed by atoms with van der Waals surface area (Å²) < 4.78 is 2.70. The lowest BCUT2D eigenvalue weighted by molar-refractivity contribution is 0.869. The molecule has 1 nitrogen and oxygen atoms in total. The molecule has 0 spiro atoms. The molecule has 0 bridgehead atoms. The Morgan fingerprint density at radius 3 is 2.59 bits per heavy atom. The molecule has 5 aromatic rings. The van der Waals surface area contributed by atoms with Gasteiger partial charge in [-0.25, -0.2) is 0 Å². The van der Waals surface area contributed by atoms with Crippen LogP contribution in [0, 0.1) is 0 Å². The van der Waals surface area contributed by atoms with E-state index in [2.05, 4.69) is 56.3 Å². The summed E-state index contributed by atoms with van der Waals surface area (Å²) in [6.45, 7) is 4.50. The molecule has 0 N–H and O–H groups in total. The third kappa shape index (κ3) is 1.46. The van der Waals surface area contributed by atoms with Crippen LogP contribution in [-0.2, 0) is 0 Å². The van der Waals surface area contributed by atoms with Crippen LogP contribution in [-0.4, -0.2) is 4.98 Å². The first-order chi connectivity index (χ1) is 10.7.